The zero-order chi connectivity index (χ0) is 17.2. The zero-order valence-corrected chi connectivity index (χ0v) is 14.5. The van der Waals surface area contributed by atoms with Gasteiger partial charge in [0.25, 0.3) is 15.6 Å². The summed E-state index contributed by atoms with van der Waals surface area (Å²) in [7, 11) is -3.65. The first kappa shape index (κ1) is 16.4. The van der Waals surface area contributed by atoms with Gasteiger partial charge in [0, 0.05) is 29.2 Å². The SMILES string of the molecule is CCn1nc(-c2csc(S(=O)(=O)Nc3ccccc3)c2)ccc1=O. The van der Waals surface area contributed by atoms with E-state index in [1.807, 2.05) is 13.0 Å². The molecular weight excluding hydrogens is 346 g/mol. The van der Waals surface area contributed by atoms with E-state index >= 15 is 0 Å². The Labute approximate surface area is 143 Å². The van der Waals surface area contributed by atoms with E-state index < -0.39 is 10.0 Å². The molecule has 6 nitrogen and oxygen atoms in total. The minimum absolute atomic E-state index is 0.185. The number of sulfonamides is 1. The van der Waals surface area contributed by atoms with Crippen LogP contribution in [0.4, 0.5) is 5.69 Å². The van der Waals surface area contributed by atoms with Crippen molar-refractivity contribution in [3.63, 3.8) is 0 Å². The first-order valence-electron chi connectivity index (χ1n) is 7.24. The second-order valence-corrected chi connectivity index (χ2v) is 7.82. The van der Waals surface area contributed by atoms with Crippen molar-refractivity contribution in [1.82, 2.24) is 9.78 Å². The molecular formula is C16H15N3O3S2. The maximum Gasteiger partial charge on any atom is 0.271 e. The van der Waals surface area contributed by atoms with Crippen molar-refractivity contribution < 1.29 is 8.42 Å². The summed E-state index contributed by atoms with van der Waals surface area (Å²) in [5.74, 6) is 0. The second-order valence-electron chi connectivity index (χ2n) is 5.00. The molecule has 1 aromatic carbocycles. The number of nitrogens with zero attached hydrogens (tertiary/aromatic N) is 2. The van der Waals surface area contributed by atoms with Crippen molar-refractivity contribution in [2.75, 3.05) is 4.72 Å². The van der Waals surface area contributed by atoms with Crippen LogP contribution in [0.15, 0.2) is 62.9 Å². The van der Waals surface area contributed by atoms with E-state index in [1.54, 1.807) is 41.8 Å². The van der Waals surface area contributed by atoms with Crippen LogP contribution in [0.3, 0.4) is 0 Å². The van der Waals surface area contributed by atoms with Gasteiger partial charge in [0.05, 0.1) is 5.69 Å². The van der Waals surface area contributed by atoms with Gasteiger partial charge in [-0.2, -0.15) is 5.10 Å². The number of anilines is 1. The molecule has 0 amide bonds. The van der Waals surface area contributed by atoms with Gasteiger partial charge in [-0.15, -0.1) is 11.3 Å². The van der Waals surface area contributed by atoms with Gasteiger partial charge in [-0.1, -0.05) is 18.2 Å². The predicted octanol–water partition coefficient (Wildman–Crippen LogP) is 2.79. The lowest BCUT2D eigenvalue weighted by Crippen LogP contribution is -2.20. The van der Waals surface area contributed by atoms with Crippen molar-refractivity contribution in [3.8, 4) is 11.3 Å². The van der Waals surface area contributed by atoms with Gasteiger partial charge in [-0.05, 0) is 31.2 Å². The standard InChI is InChI=1S/C16H15N3O3S2/c1-2-19-15(20)9-8-14(17-19)12-10-16(23-11-12)24(21,22)18-13-6-4-3-5-7-13/h3-11,18H,2H2,1H3. The Morgan fingerprint density at radius 1 is 1.17 bits per heavy atom. The maximum atomic E-state index is 12.4. The van der Waals surface area contributed by atoms with Crippen LogP contribution in [0, 0.1) is 0 Å². The summed E-state index contributed by atoms with van der Waals surface area (Å²) in [5, 5.41) is 5.95. The Balaban J connectivity index is 1.91. The highest BCUT2D eigenvalue weighted by Gasteiger charge is 2.18. The molecule has 0 aliphatic rings. The van der Waals surface area contributed by atoms with Crippen LogP contribution in [0.25, 0.3) is 11.3 Å². The fourth-order valence-corrected chi connectivity index (χ4v) is 4.36. The normalized spacial score (nSPS) is 11.4. The third-order valence-electron chi connectivity index (χ3n) is 3.33. The number of rotatable bonds is 5. The molecule has 0 aliphatic carbocycles. The van der Waals surface area contributed by atoms with E-state index in [1.165, 1.54) is 10.7 Å². The lowest BCUT2D eigenvalue weighted by Gasteiger charge is -2.05. The lowest BCUT2D eigenvalue weighted by molar-refractivity contribution is 0.603. The molecule has 3 aromatic rings. The summed E-state index contributed by atoms with van der Waals surface area (Å²) in [6.07, 6.45) is 0. The molecule has 3 rings (SSSR count). The molecule has 1 N–H and O–H groups in total. The van der Waals surface area contributed by atoms with E-state index in [9.17, 15) is 13.2 Å². The highest BCUT2D eigenvalue weighted by atomic mass is 32.2. The van der Waals surface area contributed by atoms with E-state index in [4.69, 9.17) is 0 Å². The third-order valence-corrected chi connectivity index (χ3v) is 6.15. The molecule has 0 spiro atoms. The van der Waals surface area contributed by atoms with Crippen LogP contribution in [-0.4, -0.2) is 18.2 Å². The van der Waals surface area contributed by atoms with E-state index in [-0.39, 0.29) is 9.77 Å². The highest BCUT2D eigenvalue weighted by Crippen LogP contribution is 2.28. The van der Waals surface area contributed by atoms with Gasteiger partial charge in [-0.25, -0.2) is 13.1 Å². The molecule has 0 atom stereocenters. The Kier molecular flexibility index (Phi) is 4.50. The Bertz CT molecular complexity index is 1010. The van der Waals surface area contributed by atoms with E-state index in [0.29, 0.717) is 23.5 Å². The molecule has 0 unspecified atom stereocenters. The number of aryl methyl sites for hydroxylation is 1. The number of hydrogen-bond acceptors (Lipinski definition) is 5. The molecule has 0 bridgehead atoms. The average Bonchev–Trinajstić information content (AvgIpc) is 3.07. The fourth-order valence-electron chi connectivity index (χ4n) is 2.13. The number of hydrogen-bond donors (Lipinski definition) is 1. The van der Waals surface area contributed by atoms with Gasteiger partial charge in [-0.3, -0.25) is 9.52 Å². The van der Waals surface area contributed by atoms with Crippen LogP contribution in [0.5, 0.6) is 0 Å². The van der Waals surface area contributed by atoms with Crippen molar-refractivity contribution >= 4 is 27.0 Å². The largest absolute Gasteiger partial charge is 0.279 e. The monoisotopic (exact) mass is 361 g/mol. The number of para-hydroxylation sites is 1. The van der Waals surface area contributed by atoms with Crippen LogP contribution in [-0.2, 0) is 16.6 Å². The zero-order valence-electron chi connectivity index (χ0n) is 12.8. The smallest absolute Gasteiger partial charge is 0.271 e. The van der Waals surface area contributed by atoms with Crippen molar-refractivity contribution in [3.05, 3.63) is 64.3 Å². The van der Waals surface area contributed by atoms with Gasteiger partial charge in [0.2, 0.25) is 0 Å². The van der Waals surface area contributed by atoms with E-state index in [0.717, 1.165) is 11.3 Å². The summed E-state index contributed by atoms with van der Waals surface area (Å²) in [5.41, 5.74) is 1.55. The quantitative estimate of drug-likeness (QED) is 0.758. The predicted molar refractivity (Wildman–Crippen MR) is 94.7 cm³/mol. The molecule has 0 radical (unpaired) electrons. The lowest BCUT2D eigenvalue weighted by atomic mass is 10.2. The number of aromatic nitrogens is 2. The molecule has 0 saturated carbocycles. The Morgan fingerprint density at radius 2 is 1.92 bits per heavy atom. The molecule has 0 saturated heterocycles. The molecule has 24 heavy (non-hydrogen) atoms. The van der Waals surface area contributed by atoms with Crippen LogP contribution in [0.1, 0.15) is 6.92 Å². The summed E-state index contributed by atoms with van der Waals surface area (Å²) in [4.78, 5) is 11.6. The number of benzene rings is 1. The summed E-state index contributed by atoms with van der Waals surface area (Å²) < 4.78 is 29.0. The molecule has 0 fully saturated rings. The summed E-state index contributed by atoms with van der Waals surface area (Å²) in [6, 6.07) is 13.3. The topological polar surface area (TPSA) is 81.1 Å². The van der Waals surface area contributed by atoms with Gasteiger partial charge in [0.15, 0.2) is 0 Å². The van der Waals surface area contributed by atoms with Crippen LogP contribution >= 0.6 is 11.3 Å². The van der Waals surface area contributed by atoms with Gasteiger partial charge in [0.1, 0.15) is 4.21 Å². The van der Waals surface area contributed by atoms with Crippen molar-refractivity contribution in [2.45, 2.75) is 17.7 Å². The fraction of sp³-hybridized carbons (Fsp3) is 0.125. The first-order chi connectivity index (χ1) is 11.5. The summed E-state index contributed by atoms with van der Waals surface area (Å²) >= 11 is 1.11. The summed E-state index contributed by atoms with van der Waals surface area (Å²) in [6.45, 7) is 2.28. The van der Waals surface area contributed by atoms with E-state index in [2.05, 4.69) is 9.82 Å². The van der Waals surface area contributed by atoms with Crippen molar-refractivity contribution in [2.24, 2.45) is 0 Å². The number of thiophene rings is 1. The molecule has 0 aliphatic heterocycles. The minimum atomic E-state index is -3.65. The number of nitrogens with one attached hydrogen (secondary N) is 1. The van der Waals surface area contributed by atoms with Crippen LogP contribution < -0.4 is 10.3 Å². The van der Waals surface area contributed by atoms with Crippen LogP contribution in [0.2, 0.25) is 0 Å². The van der Waals surface area contributed by atoms with Crippen molar-refractivity contribution in [1.29, 1.82) is 0 Å². The van der Waals surface area contributed by atoms with Gasteiger partial charge < -0.3 is 0 Å². The Hall–Kier alpha value is -2.45. The maximum absolute atomic E-state index is 12.4. The third kappa shape index (κ3) is 3.39. The Morgan fingerprint density at radius 3 is 2.62 bits per heavy atom. The highest BCUT2D eigenvalue weighted by molar-refractivity contribution is 7.94. The molecule has 2 heterocycles. The minimum Gasteiger partial charge on any atom is -0.279 e. The second kappa shape index (κ2) is 6.58. The molecule has 2 aromatic heterocycles. The first-order valence-corrected chi connectivity index (χ1v) is 9.61. The van der Waals surface area contributed by atoms with Gasteiger partial charge >= 0.3 is 0 Å². The average molecular weight is 361 g/mol. The molecule has 8 heteroatoms. The molecule has 124 valence electrons.